The maximum atomic E-state index is 12.1. The third kappa shape index (κ3) is 3.06. The molecule has 1 aromatic carbocycles. The van der Waals surface area contributed by atoms with Crippen LogP contribution in [-0.2, 0) is 16.6 Å². The van der Waals surface area contributed by atoms with Crippen molar-refractivity contribution in [2.45, 2.75) is 30.5 Å². The van der Waals surface area contributed by atoms with Gasteiger partial charge in [-0.1, -0.05) is 26.0 Å². The Morgan fingerprint density at radius 2 is 2.14 bits per heavy atom. The molecule has 0 amide bonds. The lowest BCUT2D eigenvalue weighted by Gasteiger charge is -2.04. The van der Waals surface area contributed by atoms with E-state index in [9.17, 15) is 8.42 Å². The molecule has 0 aliphatic heterocycles. The summed E-state index contributed by atoms with van der Waals surface area (Å²) in [6.45, 7) is 4.41. The van der Waals surface area contributed by atoms with E-state index in [1.165, 1.54) is 11.3 Å². The van der Waals surface area contributed by atoms with E-state index in [0.29, 0.717) is 10.1 Å². The lowest BCUT2D eigenvalue weighted by Crippen LogP contribution is -2.22. The van der Waals surface area contributed by atoms with Gasteiger partial charge in [0.2, 0.25) is 10.0 Å². The van der Waals surface area contributed by atoms with Crippen molar-refractivity contribution in [2.24, 2.45) is 0 Å². The predicted octanol–water partition coefficient (Wildman–Crippen LogP) is 3.23. The maximum absolute atomic E-state index is 12.1. The van der Waals surface area contributed by atoms with Crippen molar-refractivity contribution in [2.75, 3.05) is 0 Å². The van der Waals surface area contributed by atoms with Crippen LogP contribution in [0.1, 0.15) is 31.2 Å². The first-order chi connectivity index (χ1) is 10.5. The smallest absolute Gasteiger partial charge is 0.250 e. The van der Waals surface area contributed by atoms with E-state index in [2.05, 4.69) is 28.5 Å². The van der Waals surface area contributed by atoms with Gasteiger partial charge >= 0.3 is 0 Å². The van der Waals surface area contributed by atoms with Gasteiger partial charge in [0.05, 0.1) is 11.0 Å². The number of thiophene rings is 1. The Bertz CT molecular complexity index is 881. The summed E-state index contributed by atoms with van der Waals surface area (Å²) in [6, 6.07) is 9.06. The van der Waals surface area contributed by atoms with Crippen molar-refractivity contribution < 1.29 is 8.42 Å². The second-order valence-corrected chi connectivity index (χ2v) is 8.33. The highest BCUT2D eigenvalue weighted by molar-refractivity contribution is 7.91. The van der Waals surface area contributed by atoms with Crippen molar-refractivity contribution in [3.63, 3.8) is 0 Å². The molecule has 3 rings (SSSR count). The summed E-state index contributed by atoms with van der Waals surface area (Å²) in [4.78, 5) is 7.78. The van der Waals surface area contributed by atoms with Gasteiger partial charge in [0.25, 0.3) is 0 Å². The van der Waals surface area contributed by atoms with Crippen LogP contribution in [0.4, 0.5) is 0 Å². The number of nitrogens with zero attached hydrogens (tertiary/aromatic N) is 1. The van der Waals surface area contributed by atoms with Crippen LogP contribution in [0.25, 0.3) is 11.0 Å². The van der Waals surface area contributed by atoms with Crippen LogP contribution in [0, 0.1) is 0 Å². The molecule has 0 aliphatic carbocycles. The molecule has 0 unspecified atom stereocenters. The predicted molar refractivity (Wildman–Crippen MR) is 88.5 cm³/mol. The second-order valence-electron chi connectivity index (χ2n) is 5.38. The van der Waals surface area contributed by atoms with Crippen molar-refractivity contribution in [1.29, 1.82) is 0 Å². The number of rotatable bonds is 5. The SMILES string of the molecule is CC(C)c1nc2ccc(CNS(=O)(=O)c3cccs3)cc2[nH]1. The zero-order chi connectivity index (χ0) is 15.7. The van der Waals surface area contributed by atoms with E-state index in [0.717, 1.165) is 22.4 Å². The lowest BCUT2D eigenvalue weighted by molar-refractivity contribution is 0.583. The molecule has 0 spiro atoms. The summed E-state index contributed by atoms with van der Waals surface area (Å²) >= 11 is 1.21. The molecule has 116 valence electrons. The molecule has 0 saturated heterocycles. The molecular weight excluding hydrogens is 318 g/mol. The highest BCUT2D eigenvalue weighted by Gasteiger charge is 2.14. The highest BCUT2D eigenvalue weighted by Crippen LogP contribution is 2.19. The van der Waals surface area contributed by atoms with E-state index in [-0.39, 0.29) is 6.54 Å². The molecule has 0 atom stereocenters. The number of imidazole rings is 1. The Balaban J connectivity index is 1.80. The van der Waals surface area contributed by atoms with Crippen LogP contribution in [0.3, 0.4) is 0 Å². The van der Waals surface area contributed by atoms with Crippen molar-refractivity contribution in [3.05, 3.63) is 47.1 Å². The van der Waals surface area contributed by atoms with Crippen molar-refractivity contribution in [1.82, 2.24) is 14.7 Å². The molecule has 0 fully saturated rings. The number of benzene rings is 1. The molecule has 3 aromatic rings. The first-order valence-corrected chi connectivity index (χ1v) is 9.34. The number of aromatic amines is 1. The molecule has 2 N–H and O–H groups in total. The topological polar surface area (TPSA) is 74.8 Å². The van der Waals surface area contributed by atoms with Gasteiger partial charge in [-0.3, -0.25) is 0 Å². The Morgan fingerprint density at radius 3 is 2.82 bits per heavy atom. The average molecular weight is 335 g/mol. The number of H-pyrrole nitrogens is 1. The third-order valence-corrected chi connectivity index (χ3v) is 6.14. The fraction of sp³-hybridized carbons (Fsp3) is 0.267. The fourth-order valence-electron chi connectivity index (χ4n) is 2.13. The standard InChI is InChI=1S/C15H17N3O2S2/c1-10(2)15-17-12-6-5-11(8-13(12)18-15)9-16-22(19,20)14-4-3-7-21-14/h3-8,10,16H,9H2,1-2H3,(H,17,18). The molecule has 0 bridgehead atoms. The molecular formula is C15H17N3O2S2. The van der Waals surface area contributed by atoms with Gasteiger partial charge in [0.1, 0.15) is 10.0 Å². The van der Waals surface area contributed by atoms with Gasteiger partial charge in [-0.2, -0.15) is 0 Å². The number of nitrogens with one attached hydrogen (secondary N) is 2. The Morgan fingerprint density at radius 1 is 1.32 bits per heavy atom. The van der Waals surface area contributed by atoms with Gasteiger partial charge < -0.3 is 4.98 Å². The number of hydrogen-bond donors (Lipinski definition) is 2. The molecule has 0 aliphatic rings. The van der Waals surface area contributed by atoms with Crippen LogP contribution in [0.5, 0.6) is 0 Å². The molecule has 7 heteroatoms. The summed E-state index contributed by atoms with van der Waals surface area (Å²) in [6.07, 6.45) is 0. The van der Waals surface area contributed by atoms with Crippen molar-refractivity contribution in [3.8, 4) is 0 Å². The van der Waals surface area contributed by atoms with Crippen LogP contribution < -0.4 is 4.72 Å². The zero-order valence-corrected chi connectivity index (χ0v) is 14.0. The Kier molecular flexibility index (Phi) is 4.03. The van der Waals surface area contributed by atoms with Crippen LogP contribution >= 0.6 is 11.3 Å². The van der Waals surface area contributed by atoms with E-state index >= 15 is 0 Å². The van der Waals surface area contributed by atoms with Crippen LogP contribution in [0.2, 0.25) is 0 Å². The first kappa shape index (κ1) is 15.2. The summed E-state index contributed by atoms with van der Waals surface area (Å²) in [5.41, 5.74) is 2.72. The number of aromatic nitrogens is 2. The van der Waals surface area contributed by atoms with E-state index in [1.54, 1.807) is 17.5 Å². The monoisotopic (exact) mass is 335 g/mol. The molecule has 0 radical (unpaired) electrons. The molecule has 2 heterocycles. The van der Waals surface area contributed by atoms with Crippen molar-refractivity contribution >= 4 is 32.4 Å². The van der Waals surface area contributed by atoms with E-state index in [4.69, 9.17) is 0 Å². The lowest BCUT2D eigenvalue weighted by atomic mass is 10.2. The minimum atomic E-state index is -3.43. The largest absolute Gasteiger partial charge is 0.342 e. The summed E-state index contributed by atoms with van der Waals surface area (Å²) in [7, 11) is -3.43. The van der Waals surface area contributed by atoms with Gasteiger partial charge in [0.15, 0.2) is 0 Å². The summed E-state index contributed by atoms with van der Waals surface area (Å²) in [5, 5.41) is 1.75. The maximum Gasteiger partial charge on any atom is 0.250 e. The minimum Gasteiger partial charge on any atom is -0.342 e. The van der Waals surface area contributed by atoms with Gasteiger partial charge in [-0.05, 0) is 29.1 Å². The second kappa shape index (κ2) is 5.83. The summed E-state index contributed by atoms with van der Waals surface area (Å²) < 4.78 is 27.2. The quantitative estimate of drug-likeness (QED) is 0.752. The zero-order valence-electron chi connectivity index (χ0n) is 12.3. The summed E-state index contributed by atoms with van der Waals surface area (Å²) in [5.74, 6) is 1.26. The third-order valence-electron chi connectivity index (χ3n) is 3.34. The average Bonchev–Trinajstić information content (AvgIpc) is 3.14. The van der Waals surface area contributed by atoms with Gasteiger partial charge in [-0.25, -0.2) is 18.1 Å². The van der Waals surface area contributed by atoms with E-state index < -0.39 is 10.0 Å². The molecule has 0 saturated carbocycles. The fourth-order valence-corrected chi connectivity index (χ4v) is 4.18. The first-order valence-electron chi connectivity index (χ1n) is 6.97. The van der Waals surface area contributed by atoms with Crippen LogP contribution in [0.15, 0.2) is 39.9 Å². The minimum absolute atomic E-state index is 0.256. The molecule has 5 nitrogen and oxygen atoms in total. The van der Waals surface area contributed by atoms with E-state index in [1.807, 2.05) is 18.2 Å². The highest BCUT2D eigenvalue weighted by atomic mass is 32.2. The van der Waals surface area contributed by atoms with Gasteiger partial charge in [-0.15, -0.1) is 11.3 Å². The number of sulfonamides is 1. The number of fused-ring (bicyclic) bond motifs is 1. The molecule has 22 heavy (non-hydrogen) atoms. The molecule has 2 aromatic heterocycles. The Hall–Kier alpha value is -1.70. The van der Waals surface area contributed by atoms with Crippen LogP contribution in [-0.4, -0.2) is 18.4 Å². The normalized spacial score (nSPS) is 12.3. The Labute approximate surface area is 133 Å². The number of hydrogen-bond acceptors (Lipinski definition) is 4. The van der Waals surface area contributed by atoms with Gasteiger partial charge in [0, 0.05) is 12.5 Å².